The van der Waals surface area contributed by atoms with Crippen molar-refractivity contribution in [1.82, 2.24) is 10.2 Å². The van der Waals surface area contributed by atoms with Crippen LogP contribution in [-0.4, -0.2) is 57.1 Å². The van der Waals surface area contributed by atoms with Crippen LogP contribution >= 0.6 is 15.9 Å². The second-order valence-electron chi connectivity index (χ2n) is 8.09. The highest BCUT2D eigenvalue weighted by atomic mass is 79.9. The molecule has 2 aromatic carbocycles. The minimum Gasteiger partial charge on any atom is -0.494 e. The molecule has 0 heterocycles. The van der Waals surface area contributed by atoms with E-state index in [0.29, 0.717) is 31.0 Å². The molecule has 0 saturated carbocycles. The number of halogens is 1. The van der Waals surface area contributed by atoms with Gasteiger partial charge in [0.25, 0.3) is 0 Å². The number of anilines is 1. The van der Waals surface area contributed by atoms with E-state index in [1.54, 1.807) is 31.2 Å². The Morgan fingerprint density at radius 1 is 1.11 bits per heavy atom. The van der Waals surface area contributed by atoms with Crippen molar-refractivity contribution >= 4 is 43.5 Å². The largest absolute Gasteiger partial charge is 0.494 e. The third-order valence-corrected chi connectivity index (χ3v) is 7.04. The molecule has 0 aliphatic heterocycles. The molecule has 2 amide bonds. The number of nitrogens with zero attached hydrogens (tertiary/aromatic N) is 2. The van der Waals surface area contributed by atoms with Crippen molar-refractivity contribution in [2.45, 2.75) is 46.2 Å². The van der Waals surface area contributed by atoms with Gasteiger partial charge in [0.1, 0.15) is 11.8 Å². The number of sulfonamides is 1. The maximum Gasteiger partial charge on any atom is 0.242 e. The van der Waals surface area contributed by atoms with Gasteiger partial charge in [0.15, 0.2) is 0 Å². The van der Waals surface area contributed by atoms with E-state index in [0.717, 1.165) is 16.3 Å². The van der Waals surface area contributed by atoms with E-state index in [1.165, 1.54) is 9.21 Å². The van der Waals surface area contributed by atoms with Gasteiger partial charge in [-0.3, -0.25) is 13.9 Å². The summed E-state index contributed by atoms with van der Waals surface area (Å²) in [6.07, 6.45) is 1.54. The molecule has 0 spiro atoms. The van der Waals surface area contributed by atoms with Crippen molar-refractivity contribution in [2.75, 3.05) is 30.3 Å². The number of nitrogens with one attached hydrogen (secondary N) is 1. The maximum absolute atomic E-state index is 13.2. The first-order chi connectivity index (χ1) is 16.6. The van der Waals surface area contributed by atoms with E-state index in [4.69, 9.17) is 4.74 Å². The zero-order valence-corrected chi connectivity index (χ0v) is 23.1. The molecular formula is C25H34BrN3O5S. The molecule has 0 radical (unpaired) electrons. The lowest BCUT2D eigenvalue weighted by molar-refractivity contribution is -0.140. The Bertz CT molecular complexity index is 1090. The normalized spacial score (nSPS) is 12.0. The number of amides is 2. The zero-order valence-electron chi connectivity index (χ0n) is 20.7. The van der Waals surface area contributed by atoms with E-state index in [-0.39, 0.29) is 31.3 Å². The van der Waals surface area contributed by atoms with Crippen molar-refractivity contribution in [3.05, 3.63) is 58.6 Å². The van der Waals surface area contributed by atoms with Gasteiger partial charge in [-0.25, -0.2) is 8.42 Å². The molecular weight excluding hydrogens is 534 g/mol. The Labute approximate surface area is 216 Å². The van der Waals surface area contributed by atoms with Crippen molar-refractivity contribution in [1.29, 1.82) is 0 Å². The van der Waals surface area contributed by atoms with Crippen LogP contribution in [0.4, 0.5) is 5.69 Å². The van der Waals surface area contributed by atoms with Crippen molar-refractivity contribution in [2.24, 2.45) is 0 Å². The number of hydrogen-bond acceptors (Lipinski definition) is 5. The topological polar surface area (TPSA) is 96.0 Å². The molecule has 2 rings (SSSR count). The van der Waals surface area contributed by atoms with Gasteiger partial charge >= 0.3 is 0 Å². The summed E-state index contributed by atoms with van der Waals surface area (Å²) in [5.41, 5.74) is 1.39. The van der Waals surface area contributed by atoms with Gasteiger partial charge in [-0.2, -0.15) is 0 Å². The van der Waals surface area contributed by atoms with Crippen LogP contribution in [0.25, 0.3) is 0 Å². The molecule has 192 valence electrons. The van der Waals surface area contributed by atoms with Gasteiger partial charge in [-0.15, -0.1) is 0 Å². The van der Waals surface area contributed by atoms with Crippen LogP contribution in [-0.2, 0) is 26.2 Å². The number of carbonyl (C=O) groups excluding carboxylic acids is 2. The highest BCUT2D eigenvalue weighted by molar-refractivity contribution is 9.10. The van der Waals surface area contributed by atoms with Crippen LogP contribution in [0.15, 0.2) is 53.0 Å². The summed E-state index contributed by atoms with van der Waals surface area (Å²) in [4.78, 5) is 27.3. The second-order valence-corrected chi connectivity index (χ2v) is 10.9. The third-order valence-electron chi connectivity index (χ3n) is 5.35. The maximum atomic E-state index is 13.2. The molecule has 0 unspecified atom stereocenters. The number of rotatable bonds is 13. The second kappa shape index (κ2) is 13.5. The highest BCUT2D eigenvalue weighted by Crippen LogP contribution is 2.23. The molecule has 1 atom stereocenters. The highest BCUT2D eigenvalue weighted by Gasteiger charge is 2.26. The predicted octanol–water partition coefficient (Wildman–Crippen LogP) is 3.95. The van der Waals surface area contributed by atoms with Gasteiger partial charge in [0.05, 0.1) is 18.6 Å². The molecule has 0 bridgehead atoms. The zero-order chi connectivity index (χ0) is 26.0. The van der Waals surface area contributed by atoms with Crippen molar-refractivity contribution in [3.63, 3.8) is 0 Å². The Balaban J connectivity index is 2.14. The molecule has 2 aromatic rings. The minimum absolute atomic E-state index is 0.0980. The van der Waals surface area contributed by atoms with E-state index in [2.05, 4.69) is 21.2 Å². The SMILES string of the molecule is CCNC(=O)[C@@H](C)N(Cc1cccc(Br)c1)C(=O)CCCN(c1ccc(OCC)cc1)S(C)(=O)=O. The number of carbonyl (C=O) groups is 2. The number of likely N-dealkylation sites (N-methyl/N-ethyl adjacent to an activating group) is 1. The van der Waals surface area contributed by atoms with Crippen LogP contribution in [0.2, 0.25) is 0 Å². The fourth-order valence-electron chi connectivity index (χ4n) is 3.62. The summed E-state index contributed by atoms with van der Waals surface area (Å²) in [6, 6.07) is 13.7. The Morgan fingerprint density at radius 3 is 2.37 bits per heavy atom. The van der Waals surface area contributed by atoms with Crippen LogP contribution in [0.1, 0.15) is 39.2 Å². The molecule has 10 heteroatoms. The number of ether oxygens (including phenoxy) is 1. The Morgan fingerprint density at radius 2 is 1.80 bits per heavy atom. The lowest BCUT2D eigenvalue weighted by Gasteiger charge is -2.29. The average molecular weight is 569 g/mol. The molecule has 0 aromatic heterocycles. The summed E-state index contributed by atoms with van der Waals surface area (Å²) in [7, 11) is -3.55. The molecule has 1 N–H and O–H groups in total. The number of benzene rings is 2. The number of hydrogen-bond donors (Lipinski definition) is 1. The molecule has 0 aliphatic rings. The van der Waals surface area contributed by atoms with Crippen molar-refractivity contribution in [3.8, 4) is 5.75 Å². The van der Waals surface area contributed by atoms with E-state index in [9.17, 15) is 18.0 Å². The molecule has 0 saturated heterocycles. The predicted molar refractivity (Wildman–Crippen MR) is 142 cm³/mol. The lowest BCUT2D eigenvalue weighted by Crippen LogP contribution is -2.47. The van der Waals surface area contributed by atoms with E-state index < -0.39 is 16.1 Å². The fourth-order valence-corrected chi connectivity index (χ4v) is 5.03. The fraction of sp³-hybridized carbons (Fsp3) is 0.440. The summed E-state index contributed by atoms with van der Waals surface area (Å²) in [5.74, 6) is 0.203. The average Bonchev–Trinajstić information content (AvgIpc) is 2.80. The van der Waals surface area contributed by atoms with E-state index >= 15 is 0 Å². The van der Waals surface area contributed by atoms with E-state index in [1.807, 2.05) is 38.1 Å². The Hall–Kier alpha value is -2.59. The van der Waals surface area contributed by atoms with Crippen LogP contribution in [0.5, 0.6) is 5.75 Å². The molecule has 0 fully saturated rings. The standard InChI is InChI=1S/C25H34BrN3O5S/c1-5-27-25(31)19(3)28(18-20-9-7-10-21(26)17-20)24(30)11-8-16-29(35(4,32)33)22-12-14-23(15-13-22)34-6-2/h7,9-10,12-15,17,19H,5-6,8,11,16,18H2,1-4H3,(H,27,31)/t19-/m1/s1. The molecule has 35 heavy (non-hydrogen) atoms. The third kappa shape index (κ3) is 8.85. The Kier molecular flexibility index (Phi) is 11.0. The minimum atomic E-state index is -3.55. The summed E-state index contributed by atoms with van der Waals surface area (Å²) < 4.78 is 32.5. The van der Waals surface area contributed by atoms with Gasteiger partial charge in [0.2, 0.25) is 21.8 Å². The first-order valence-electron chi connectivity index (χ1n) is 11.6. The van der Waals surface area contributed by atoms with Gasteiger partial charge < -0.3 is 15.0 Å². The summed E-state index contributed by atoms with van der Waals surface area (Å²) >= 11 is 3.44. The molecule has 0 aliphatic carbocycles. The van der Waals surface area contributed by atoms with Crippen LogP contribution in [0, 0.1) is 0 Å². The molecule has 8 nitrogen and oxygen atoms in total. The lowest BCUT2D eigenvalue weighted by atomic mass is 10.1. The summed E-state index contributed by atoms with van der Waals surface area (Å²) in [6.45, 7) is 6.79. The van der Waals surface area contributed by atoms with Gasteiger partial charge in [-0.05, 0) is 69.2 Å². The first-order valence-corrected chi connectivity index (χ1v) is 14.2. The van der Waals surface area contributed by atoms with Crippen LogP contribution in [0.3, 0.4) is 0 Å². The first kappa shape index (κ1) is 28.6. The van der Waals surface area contributed by atoms with Gasteiger partial charge in [0, 0.05) is 30.5 Å². The van der Waals surface area contributed by atoms with Crippen LogP contribution < -0.4 is 14.4 Å². The quantitative estimate of drug-likeness (QED) is 0.395. The summed E-state index contributed by atoms with van der Waals surface area (Å²) in [5, 5.41) is 2.77. The monoisotopic (exact) mass is 567 g/mol. The van der Waals surface area contributed by atoms with Crippen molar-refractivity contribution < 1.29 is 22.7 Å². The smallest absolute Gasteiger partial charge is 0.242 e. The van der Waals surface area contributed by atoms with Gasteiger partial charge in [-0.1, -0.05) is 28.1 Å².